The molecule has 2 atom stereocenters. The molecule has 0 bridgehead atoms. The van der Waals surface area contributed by atoms with E-state index in [1.165, 1.54) is 0 Å². The highest BCUT2D eigenvalue weighted by molar-refractivity contribution is 9.10. The molecule has 96 valence electrons. The molecule has 0 radical (unpaired) electrons. The number of hydrogen-bond acceptors (Lipinski definition) is 3. The Morgan fingerprint density at radius 1 is 1.28 bits per heavy atom. The van der Waals surface area contributed by atoms with Gasteiger partial charge in [-0.15, -0.1) is 0 Å². The average molecular weight is 329 g/mol. The van der Waals surface area contributed by atoms with Gasteiger partial charge in [-0.2, -0.15) is 5.26 Å². The SMILES string of the molecule is N#CC1CCCC1NS(=O)(=O)c1ccc(Br)cc1. The topological polar surface area (TPSA) is 70.0 Å². The first-order valence-electron chi connectivity index (χ1n) is 5.70. The highest BCUT2D eigenvalue weighted by Crippen LogP contribution is 2.26. The van der Waals surface area contributed by atoms with Gasteiger partial charge in [-0.3, -0.25) is 0 Å². The molecule has 1 aromatic carbocycles. The van der Waals surface area contributed by atoms with Crippen molar-refractivity contribution in [3.05, 3.63) is 28.7 Å². The Bertz CT molecular complexity index is 563. The number of nitrogens with zero attached hydrogens (tertiary/aromatic N) is 1. The van der Waals surface area contributed by atoms with E-state index < -0.39 is 10.0 Å². The molecular weight excluding hydrogens is 316 g/mol. The molecule has 0 aromatic heterocycles. The van der Waals surface area contributed by atoms with Crippen LogP contribution in [0.15, 0.2) is 33.6 Å². The molecule has 2 unspecified atom stereocenters. The first-order chi connectivity index (χ1) is 8.53. The van der Waals surface area contributed by atoms with Crippen LogP contribution in [0.2, 0.25) is 0 Å². The normalized spacial score (nSPS) is 23.8. The smallest absolute Gasteiger partial charge is 0.207 e. The molecule has 0 aliphatic heterocycles. The van der Waals surface area contributed by atoms with Gasteiger partial charge in [0.05, 0.1) is 16.9 Å². The van der Waals surface area contributed by atoms with Crippen molar-refractivity contribution in [3.8, 4) is 6.07 Å². The Hall–Kier alpha value is -0.900. The van der Waals surface area contributed by atoms with Crippen LogP contribution < -0.4 is 4.72 Å². The molecular formula is C12H13BrN2O2S. The summed E-state index contributed by atoms with van der Waals surface area (Å²) in [5.74, 6) is -0.213. The molecule has 1 N–H and O–H groups in total. The Balaban J connectivity index is 2.17. The number of halogens is 1. The van der Waals surface area contributed by atoms with Crippen molar-refractivity contribution in [2.75, 3.05) is 0 Å². The second-order valence-corrected chi connectivity index (χ2v) is 6.98. The van der Waals surface area contributed by atoms with Crippen LogP contribution in [0.3, 0.4) is 0 Å². The second kappa shape index (κ2) is 5.39. The summed E-state index contributed by atoms with van der Waals surface area (Å²) < 4.78 is 27.7. The molecule has 18 heavy (non-hydrogen) atoms. The second-order valence-electron chi connectivity index (χ2n) is 4.35. The summed E-state index contributed by atoms with van der Waals surface area (Å²) in [4.78, 5) is 0.231. The van der Waals surface area contributed by atoms with Gasteiger partial charge in [0.2, 0.25) is 10.0 Å². The number of rotatable bonds is 3. The predicted octanol–water partition coefficient (Wildman–Crippen LogP) is 2.42. The lowest BCUT2D eigenvalue weighted by Gasteiger charge is -2.15. The molecule has 6 heteroatoms. The van der Waals surface area contributed by atoms with E-state index in [0.29, 0.717) is 0 Å². The van der Waals surface area contributed by atoms with E-state index in [-0.39, 0.29) is 16.9 Å². The monoisotopic (exact) mass is 328 g/mol. The van der Waals surface area contributed by atoms with E-state index in [0.717, 1.165) is 23.7 Å². The highest BCUT2D eigenvalue weighted by Gasteiger charge is 2.31. The van der Waals surface area contributed by atoms with Crippen LogP contribution in [0, 0.1) is 17.2 Å². The Morgan fingerprint density at radius 2 is 1.94 bits per heavy atom. The van der Waals surface area contributed by atoms with Crippen LogP contribution in [0.5, 0.6) is 0 Å². The summed E-state index contributed by atoms with van der Waals surface area (Å²) in [5.41, 5.74) is 0. The van der Waals surface area contributed by atoms with Crippen LogP contribution in [0.25, 0.3) is 0 Å². The van der Waals surface area contributed by atoms with E-state index in [4.69, 9.17) is 5.26 Å². The van der Waals surface area contributed by atoms with Gasteiger partial charge in [0, 0.05) is 10.5 Å². The van der Waals surface area contributed by atoms with Gasteiger partial charge in [-0.25, -0.2) is 13.1 Å². The lowest BCUT2D eigenvalue weighted by molar-refractivity contribution is 0.515. The van der Waals surface area contributed by atoms with Gasteiger partial charge < -0.3 is 0 Å². The standard InChI is InChI=1S/C12H13BrN2O2S/c13-10-4-6-11(7-5-10)18(16,17)15-12-3-1-2-9(12)8-14/h4-7,9,12,15H,1-3H2. The molecule has 0 heterocycles. The molecule has 1 aliphatic carbocycles. The first kappa shape index (κ1) is 13.5. The Kier molecular flexibility index (Phi) is 4.05. The third-order valence-electron chi connectivity index (χ3n) is 3.11. The minimum absolute atomic E-state index is 0.213. The summed E-state index contributed by atoms with van der Waals surface area (Å²) in [7, 11) is -3.53. The summed E-state index contributed by atoms with van der Waals surface area (Å²) in [6.45, 7) is 0. The first-order valence-corrected chi connectivity index (χ1v) is 7.98. The maximum absolute atomic E-state index is 12.1. The summed E-state index contributed by atoms with van der Waals surface area (Å²) in [6.07, 6.45) is 2.39. The zero-order valence-corrected chi connectivity index (χ0v) is 12.0. The molecule has 0 amide bonds. The molecule has 1 aliphatic rings. The largest absolute Gasteiger partial charge is 0.240 e. The lowest BCUT2D eigenvalue weighted by atomic mass is 10.1. The van der Waals surface area contributed by atoms with Gasteiger partial charge in [-0.05, 0) is 37.1 Å². The van der Waals surface area contributed by atoms with Gasteiger partial charge in [0.1, 0.15) is 0 Å². The zero-order valence-electron chi connectivity index (χ0n) is 9.64. The fraction of sp³-hybridized carbons (Fsp3) is 0.417. The molecule has 0 saturated heterocycles. The summed E-state index contributed by atoms with van der Waals surface area (Å²) >= 11 is 3.26. The molecule has 2 rings (SSSR count). The van der Waals surface area contributed by atoms with Crippen molar-refractivity contribution in [2.45, 2.75) is 30.2 Å². The van der Waals surface area contributed by atoms with Crippen molar-refractivity contribution in [2.24, 2.45) is 5.92 Å². The highest BCUT2D eigenvalue weighted by atomic mass is 79.9. The molecule has 1 saturated carbocycles. The van der Waals surface area contributed by atoms with Crippen molar-refractivity contribution < 1.29 is 8.42 Å². The minimum atomic E-state index is -3.53. The van der Waals surface area contributed by atoms with Crippen LogP contribution in [-0.2, 0) is 10.0 Å². The van der Waals surface area contributed by atoms with Crippen molar-refractivity contribution >= 4 is 26.0 Å². The van der Waals surface area contributed by atoms with E-state index in [2.05, 4.69) is 26.7 Å². The van der Waals surface area contributed by atoms with Crippen LogP contribution >= 0.6 is 15.9 Å². The maximum atomic E-state index is 12.1. The third-order valence-corrected chi connectivity index (χ3v) is 5.15. The molecule has 0 spiro atoms. The number of benzene rings is 1. The number of nitriles is 1. The van der Waals surface area contributed by atoms with Gasteiger partial charge in [0.25, 0.3) is 0 Å². The van der Waals surface area contributed by atoms with Crippen molar-refractivity contribution in [1.29, 1.82) is 5.26 Å². The quantitative estimate of drug-likeness (QED) is 0.926. The Morgan fingerprint density at radius 3 is 2.56 bits per heavy atom. The average Bonchev–Trinajstić information content (AvgIpc) is 2.76. The van der Waals surface area contributed by atoms with Crippen LogP contribution in [0.4, 0.5) is 0 Å². The fourth-order valence-corrected chi connectivity index (χ4v) is 3.71. The third kappa shape index (κ3) is 2.91. The van der Waals surface area contributed by atoms with Gasteiger partial charge in [-0.1, -0.05) is 22.4 Å². The predicted molar refractivity (Wildman–Crippen MR) is 71.2 cm³/mol. The van der Waals surface area contributed by atoms with Crippen molar-refractivity contribution in [1.82, 2.24) is 4.72 Å². The maximum Gasteiger partial charge on any atom is 0.240 e. The van der Waals surface area contributed by atoms with Gasteiger partial charge >= 0.3 is 0 Å². The van der Waals surface area contributed by atoms with Crippen LogP contribution in [0.1, 0.15) is 19.3 Å². The molecule has 1 aromatic rings. The number of sulfonamides is 1. The number of hydrogen-bond donors (Lipinski definition) is 1. The molecule has 1 fully saturated rings. The summed E-state index contributed by atoms with van der Waals surface area (Å²) in [6, 6.07) is 8.36. The minimum Gasteiger partial charge on any atom is -0.207 e. The van der Waals surface area contributed by atoms with Crippen LogP contribution in [-0.4, -0.2) is 14.5 Å². The van der Waals surface area contributed by atoms with Crippen molar-refractivity contribution in [3.63, 3.8) is 0 Å². The Labute approximate surface area is 115 Å². The van der Waals surface area contributed by atoms with Gasteiger partial charge in [0.15, 0.2) is 0 Å². The fourth-order valence-electron chi connectivity index (χ4n) is 2.14. The molecule has 4 nitrogen and oxygen atoms in total. The lowest BCUT2D eigenvalue weighted by Crippen LogP contribution is -2.36. The number of nitrogens with one attached hydrogen (secondary N) is 1. The van der Waals surface area contributed by atoms with E-state index in [1.807, 2.05) is 0 Å². The van der Waals surface area contributed by atoms with E-state index in [1.54, 1.807) is 24.3 Å². The summed E-state index contributed by atoms with van der Waals surface area (Å²) in [5, 5.41) is 8.95. The zero-order chi connectivity index (χ0) is 13.2. The van der Waals surface area contributed by atoms with E-state index in [9.17, 15) is 8.42 Å². The van der Waals surface area contributed by atoms with E-state index >= 15 is 0 Å².